The Bertz CT molecular complexity index is 408. The van der Waals surface area contributed by atoms with Crippen molar-refractivity contribution in [2.24, 2.45) is 11.8 Å². The summed E-state index contributed by atoms with van der Waals surface area (Å²) in [4.78, 5) is 34.5. The first-order chi connectivity index (χ1) is 10.1. The van der Waals surface area contributed by atoms with Crippen LogP contribution in [-0.4, -0.2) is 49.7 Å². The number of hydrogen-bond donors (Lipinski definition) is 3. The van der Waals surface area contributed by atoms with Gasteiger partial charge in [-0.25, -0.2) is 0 Å². The maximum atomic E-state index is 12.0. The molecular formula is C14H22N2O5. The number of carbonyl (C=O) groups is 3. The van der Waals surface area contributed by atoms with Crippen LogP contribution < -0.4 is 10.6 Å². The molecule has 0 aliphatic heterocycles. The number of carboxylic acids is 1. The summed E-state index contributed by atoms with van der Waals surface area (Å²) in [5.41, 5.74) is 0. The van der Waals surface area contributed by atoms with E-state index in [0.717, 1.165) is 0 Å². The van der Waals surface area contributed by atoms with Crippen LogP contribution in [0.15, 0.2) is 12.2 Å². The number of rotatable bonds is 8. The van der Waals surface area contributed by atoms with E-state index in [1.54, 1.807) is 13.2 Å². The molecule has 21 heavy (non-hydrogen) atoms. The molecule has 0 radical (unpaired) electrons. The first-order valence-electron chi connectivity index (χ1n) is 6.97. The van der Waals surface area contributed by atoms with E-state index in [1.807, 2.05) is 6.08 Å². The fourth-order valence-electron chi connectivity index (χ4n) is 2.19. The number of methoxy groups -OCH3 is 1. The van der Waals surface area contributed by atoms with Crippen molar-refractivity contribution in [3.8, 4) is 0 Å². The molecule has 0 aromatic carbocycles. The SMILES string of the molecule is COCCNC(=O)CCNC(=O)C1CC=CCC1C(=O)O. The summed E-state index contributed by atoms with van der Waals surface area (Å²) in [5, 5.41) is 14.4. The molecule has 1 rings (SSSR count). The molecule has 0 aromatic rings. The lowest BCUT2D eigenvalue weighted by Gasteiger charge is -2.24. The fraction of sp³-hybridized carbons (Fsp3) is 0.643. The largest absolute Gasteiger partial charge is 0.481 e. The standard InChI is InChI=1S/C14H22N2O5/c1-21-9-8-15-12(17)6-7-16-13(18)10-4-2-3-5-11(10)14(19)20/h2-3,10-11H,4-9H2,1H3,(H,15,17)(H,16,18)(H,19,20). The summed E-state index contributed by atoms with van der Waals surface area (Å²) >= 11 is 0. The molecule has 0 bridgehead atoms. The van der Waals surface area contributed by atoms with Crippen molar-refractivity contribution in [3.63, 3.8) is 0 Å². The first-order valence-corrected chi connectivity index (χ1v) is 6.97. The molecule has 0 saturated carbocycles. The third-order valence-electron chi connectivity index (χ3n) is 3.37. The Labute approximate surface area is 123 Å². The van der Waals surface area contributed by atoms with Gasteiger partial charge in [0.05, 0.1) is 18.4 Å². The minimum atomic E-state index is -0.961. The van der Waals surface area contributed by atoms with Crippen molar-refractivity contribution in [1.82, 2.24) is 10.6 Å². The van der Waals surface area contributed by atoms with Gasteiger partial charge in [-0.2, -0.15) is 0 Å². The average Bonchev–Trinajstić information content (AvgIpc) is 2.47. The highest BCUT2D eigenvalue weighted by molar-refractivity contribution is 5.85. The number of nitrogens with one attached hydrogen (secondary N) is 2. The van der Waals surface area contributed by atoms with Crippen molar-refractivity contribution < 1.29 is 24.2 Å². The predicted molar refractivity (Wildman–Crippen MR) is 75.5 cm³/mol. The molecule has 1 aliphatic rings. The van der Waals surface area contributed by atoms with Crippen LogP contribution in [0.2, 0.25) is 0 Å². The predicted octanol–water partition coefficient (Wildman–Crippen LogP) is -0.0777. The van der Waals surface area contributed by atoms with Gasteiger partial charge in [0, 0.05) is 26.6 Å². The second-order valence-corrected chi connectivity index (χ2v) is 4.88. The number of aliphatic carboxylic acids is 1. The number of hydrogen-bond acceptors (Lipinski definition) is 4. The normalized spacial score (nSPS) is 20.8. The maximum Gasteiger partial charge on any atom is 0.307 e. The third kappa shape index (κ3) is 5.95. The van der Waals surface area contributed by atoms with E-state index in [4.69, 9.17) is 9.84 Å². The smallest absolute Gasteiger partial charge is 0.307 e. The van der Waals surface area contributed by atoms with Gasteiger partial charge < -0.3 is 20.5 Å². The molecule has 118 valence electrons. The Hall–Kier alpha value is -1.89. The van der Waals surface area contributed by atoms with Crippen LogP contribution in [0, 0.1) is 11.8 Å². The lowest BCUT2D eigenvalue weighted by molar-refractivity contribution is -0.147. The topological polar surface area (TPSA) is 105 Å². The van der Waals surface area contributed by atoms with E-state index in [0.29, 0.717) is 26.0 Å². The Morgan fingerprint density at radius 2 is 1.81 bits per heavy atom. The highest BCUT2D eigenvalue weighted by Crippen LogP contribution is 2.25. The molecule has 3 N–H and O–H groups in total. The zero-order valence-electron chi connectivity index (χ0n) is 12.1. The number of ether oxygens (including phenoxy) is 1. The lowest BCUT2D eigenvalue weighted by Crippen LogP contribution is -2.40. The van der Waals surface area contributed by atoms with Crippen LogP contribution >= 0.6 is 0 Å². The molecule has 0 saturated heterocycles. The molecule has 1 aliphatic carbocycles. The van der Waals surface area contributed by atoms with Gasteiger partial charge in [-0.3, -0.25) is 14.4 Å². The van der Waals surface area contributed by atoms with Crippen molar-refractivity contribution in [1.29, 1.82) is 0 Å². The second-order valence-electron chi connectivity index (χ2n) is 4.88. The minimum absolute atomic E-state index is 0.162. The number of carboxylic acid groups (broad SMARTS) is 1. The maximum absolute atomic E-state index is 12.0. The zero-order valence-corrected chi connectivity index (χ0v) is 12.1. The van der Waals surface area contributed by atoms with Gasteiger partial charge in [0.15, 0.2) is 0 Å². The number of allylic oxidation sites excluding steroid dienone is 2. The second kappa shape index (κ2) is 9.12. The summed E-state index contributed by atoms with van der Waals surface area (Å²) in [6.45, 7) is 1.06. The van der Waals surface area contributed by atoms with E-state index in [-0.39, 0.29) is 24.8 Å². The molecule has 0 fully saturated rings. The van der Waals surface area contributed by atoms with E-state index in [1.165, 1.54) is 0 Å². The van der Waals surface area contributed by atoms with Crippen molar-refractivity contribution in [3.05, 3.63) is 12.2 Å². The van der Waals surface area contributed by atoms with Crippen LogP contribution in [0.25, 0.3) is 0 Å². The van der Waals surface area contributed by atoms with Crippen LogP contribution in [0.5, 0.6) is 0 Å². The lowest BCUT2D eigenvalue weighted by atomic mass is 9.82. The van der Waals surface area contributed by atoms with E-state index < -0.39 is 17.8 Å². The van der Waals surface area contributed by atoms with Crippen LogP contribution in [0.4, 0.5) is 0 Å². The summed E-state index contributed by atoms with van der Waals surface area (Å²) in [6, 6.07) is 0. The zero-order chi connectivity index (χ0) is 15.7. The fourth-order valence-corrected chi connectivity index (χ4v) is 2.19. The molecular weight excluding hydrogens is 276 g/mol. The molecule has 0 aromatic heterocycles. The van der Waals surface area contributed by atoms with Gasteiger partial charge in [0.25, 0.3) is 0 Å². The Balaban J connectivity index is 2.31. The van der Waals surface area contributed by atoms with Crippen LogP contribution in [0.3, 0.4) is 0 Å². The van der Waals surface area contributed by atoms with Gasteiger partial charge in [-0.1, -0.05) is 12.2 Å². The minimum Gasteiger partial charge on any atom is -0.481 e. The molecule has 7 nitrogen and oxygen atoms in total. The van der Waals surface area contributed by atoms with Gasteiger partial charge >= 0.3 is 5.97 Å². The summed E-state index contributed by atoms with van der Waals surface area (Å²) in [7, 11) is 1.55. The summed E-state index contributed by atoms with van der Waals surface area (Å²) in [6.07, 6.45) is 4.55. The van der Waals surface area contributed by atoms with Crippen molar-refractivity contribution >= 4 is 17.8 Å². The summed E-state index contributed by atoms with van der Waals surface area (Å²) in [5.74, 6) is -2.70. The van der Waals surface area contributed by atoms with Crippen LogP contribution in [0.1, 0.15) is 19.3 Å². The first kappa shape index (κ1) is 17.2. The van der Waals surface area contributed by atoms with E-state index in [2.05, 4.69) is 10.6 Å². The monoisotopic (exact) mass is 298 g/mol. The Kier molecular flexibility index (Phi) is 7.45. The molecule has 2 unspecified atom stereocenters. The van der Waals surface area contributed by atoms with Gasteiger partial charge in [0.1, 0.15) is 0 Å². The quantitative estimate of drug-likeness (QED) is 0.429. The third-order valence-corrected chi connectivity index (χ3v) is 3.37. The molecule has 0 spiro atoms. The summed E-state index contributed by atoms with van der Waals surface area (Å²) < 4.78 is 4.80. The van der Waals surface area contributed by atoms with Gasteiger partial charge in [0.2, 0.25) is 11.8 Å². The highest BCUT2D eigenvalue weighted by atomic mass is 16.5. The number of amides is 2. The Morgan fingerprint density at radius 3 is 2.43 bits per heavy atom. The molecule has 0 heterocycles. The van der Waals surface area contributed by atoms with E-state index in [9.17, 15) is 14.4 Å². The van der Waals surface area contributed by atoms with E-state index >= 15 is 0 Å². The molecule has 2 amide bonds. The number of carbonyl (C=O) groups excluding carboxylic acids is 2. The highest BCUT2D eigenvalue weighted by Gasteiger charge is 2.33. The average molecular weight is 298 g/mol. The van der Waals surface area contributed by atoms with Gasteiger partial charge in [-0.05, 0) is 12.8 Å². The molecule has 7 heteroatoms. The van der Waals surface area contributed by atoms with Gasteiger partial charge in [-0.15, -0.1) is 0 Å². The van der Waals surface area contributed by atoms with Crippen molar-refractivity contribution in [2.75, 3.05) is 26.8 Å². The van der Waals surface area contributed by atoms with Crippen LogP contribution in [-0.2, 0) is 19.1 Å². The Morgan fingerprint density at radius 1 is 1.14 bits per heavy atom. The molecule has 2 atom stereocenters. The van der Waals surface area contributed by atoms with Crippen molar-refractivity contribution in [2.45, 2.75) is 19.3 Å².